The van der Waals surface area contributed by atoms with Gasteiger partial charge in [-0.1, -0.05) is 37.5 Å². The van der Waals surface area contributed by atoms with Gasteiger partial charge in [0.1, 0.15) is 5.75 Å². The maximum Gasteiger partial charge on any atom is 0.220 e. The number of rotatable bonds is 5. The van der Waals surface area contributed by atoms with Crippen molar-refractivity contribution in [3.05, 3.63) is 29.8 Å². The average molecular weight is 275 g/mol. The number of hydrogen-bond acceptors (Lipinski definition) is 2. The van der Waals surface area contributed by atoms with E-state index in [2.05, 4.69) is 5.32 Å². The fourth-order valence-electron chi connectivity index (χ4n) is 3.06. The van der Waals surface area contributed by atoms with Gasteiger partial charge in [-0.15, -0.1) is 0 Å². The van der Waals surface area contributed by atoms with Gasteiger partial charge in [0.2, 0.25) is 5.91 Å². The minimum Gasteiger partial charge on any atom is -0.496 e. The minimum absolute atomic E-state index is 0.0118. The summed E-state index contributed by atoms with van der Waals surface area (Å²) < 4.78 is 5.35. The molecule has 0 radical (unpaired) electrons. The standard InChI is InChI=1S/C17H25NO2/c1-13(15-10-6-7-11-16(15)20-2)18-17(19)12-14-8-4-3-5-9-14/h6-7,10-11,13-14H,3-5,8-9,12H2,1-2H3,(H,18,19). The summed E-state index contributed by atoms with van der Waals surface area (Å²) >= 11 is 0. The summed E-state index contributed by atoms with van der Waals surface area (Å²) in [6.07, 6.45) is 6.96. The van der Waals surface area contributed by atoms with Gasteiger partial charge in [0.25, 0.3) is 0 Å². The van der Waals surface area contributed by atoms with Gasteiger partial charge in [0.15, 0.2) is 0 Å². The SMILES string of the molecule is COc1ccccc1C(C)NC(=O)CC1CCCCC1. The van der Waals surface area contributed by atoms with Gasteiger partial charge < -0.3 is 10.1 Å². The molecule has 0 heterocycles. The Bertz CT molecular complexity index is 438. The van der Waals surface area contributed by atoms with E-state index in [9.17, 15) is 4.79 Å². The lowest BCUT2D eigenvalue weighted by molar-refractivity contribution is -0.122. The Morgan fingerprint density at radius 1 is 1.30 bits per heavy atom. The van der Waals surface area contributed by atoms with Crippen LogP contribution in [0.5, 0.6) is 5.75 Å². The van der Waals surface area contributed by atoms with Gasteiger partial charge in [-0.3, -0.25) is 4.79 Å². The topological polar surface area (TPSA) is 38.3 Å². The summed E-state index contributed by atoms with van der Waals surface area (Å²) in [5.41, 5.74) is 1.03. The van der Waals surface area contributed by atoms with Crippen molar-refractivity contribution in [3.8, 4) is 5.75 Å². The number of para-hydroxylation sites is 1. The quantitative estimate of drug-likeness (QED) is 0.886. The van der Waals surface area contributed by atoms with Crippen LogP contribution in [0.2, 0.25) is 0 Å². The Balaban J connectivity index is 1.89. The van der Waals surface area contributed by atoms with E-state index in [1.54, 1.807) is 7.11 Å². The smallest absolute Gasteiger partial charge is 0.220 e. The molecule has 1 aromatic rings. The van der Waals surface area contributed by atoms with Crippen LogP contribution in [0.4, 0.5) is 0 Å². The summed E-state index contributed by atoms with van der Waals surface area (Å²) in [6.45, 7) is 2.01. The van der Waals surface area contributed by atoms with Crippen molar-refractivity contribution in [1.82, 2.24) is 5.32 Å². The van der Waals surface area contributed by atoms with Gasteiger partial charge in [0, 0.05) is 12.0 Å². The van der Waals surface area contributed by atoms with Crippen molar-refractivity contribution in [2.24, 2.45) is 5.92 Å². The van der Waals surface area contributed by atoms with Crippen LogP contribution in [0.1, 0.15) is 57.1 Å². The third-order valence-electron chi connectivity index (χ3n) is 4.18. The van der Waals surface area contributed by atoms with E-state index in [0.717, 1.165) is 11.3 Å². The number of ether oxygens (including phenoxy) is 1. The lowest BCUT2D eigenvalue weighted by Gasteiger charge is -2.22. The lowest BCUT2D eigenvalue weighted by atomic mass is 9.87. The van der Waals surface area contributed by atoms with E-state index in [0.29, 0.717) is 12.3 Å². The molecule has 0 aromatic heterocycles. The van der Waals surface area contributed by atoms with Crippen LogP contribution < -0.4 is 10.1 Å². The molecule has 0 saturated heterocycles. The van der Waals surface area contributed by atoms with E-state index in [1.807, 2.05) is 31.2 Å². The molecule has 20 heavy (non-hydrogen) atoms. The Hall–Kier alpha value is -1.51. The molecule has 1 aromatic carbocycles. The second-order valence-electron chi connectivity index (χ2n) is 5.74. The summed E-state index contributed by atoms with van der Waals surface area (Å²) in [5.74, 6) is 1.57. The molecule has 3 heteroatoms. The van der Waals surface area contributed by atoms with E-state index in [4.69, 9.17) is 4.74 Å². The van der Waals surface area contributed by atoms with Crippen LogP contribution in [0.15, 0.2) is 24.3 Å². The third kappa shape index (κ3) is 3.99. The van der Waals surface area contributed by atoms with Crippen LogP contribution in [0.25, 0.3) is 0 Å². The Kier molecular flexibility index (Phi) is 5.45. The Morgan fingerprint density at radius 3 is 2.70 bits per heavy atom. The largest absolute Gasteiger partial charge is 0.496 e. The first kappa shape index (κ1) is 14.9. The van der Waals surface area contributed by atoms with E-state index >= 15 is 0 Å². The summed E-state index contributed by atoms with van der Waals surface area (Å²) in [7, 11) is 1.66. The van der Waals surface area contributed by atoms with Crippen molar-refractivity contribution >= 4 is 5.91 Å². The number of carbonyl (C=O) groups is 1. The predicted octanol–water partition coefficient (Wildman–Crippen LogP) is 3.84. The molecule has 3 nitrogen and oxygen atoms in total. The third-order valence-corrected chi connectivity index (χ3v) is 4.18. The highest BCUT2D eigenvalue weighted by atomic mass is 16.5. The van der Waals surface area contributed by atoms with Crippen molar-refractivity contribution in [2.75, 3.05) is 7.11 Å². The first-order valence-corrected chi connectivity index (χ1v) is 7.63. The lowest BCUT2D eigenvalue weighted by Crippen LogP contribution is -2.29. The molecular formula is C17H25NO2. The zero-order valence-electron chi connectivity index (χ0n) is 12.5. The molecule has 1 fully saturated rings. The fraction of sp³-hybridized carbons (Fsp3) is 0.588. The number of carbonyl (C=O) groups excluding carboxylic acids is 1. The molecule has 0 bridgehead atoms. The normalized spacial score (nSPS) is 17.5. The molecule has 0 spiro atoms. The number of benzene rings is 1. The summed E-state index contributed by atoms with van der Waals surface area (Å²) in [6, 6.07) is 7.84. The summed E-state index contributed by atoms with van der Waals surface area (Å²) in [4.78, 5) is 12.1. The highest BCUT2D eigenvalue weighted by molar-refractivity contribution is 5.76. The van der Waals surface area contributed by atoms with Crippen LogP contribution in [0.3, 0.4) is 0 Å². The van der Waals surface area contributed by atoms with Crippen LogP contribution in [-0.2, 0) is 4.79 Å². The van der Waals surface area contributed by atoms with Gasteiger partial charge in [-0.2, -0.15) is 0 Å². The second-order valence-corrected chi connectivity index (χ2v) is 5.74. The number of methoxy groups -OCH3 is 1. The number of amides is 1. The maximum absolute atomic E-state index is 12.1. The van der Waals surface area contributed by atoms with Crippen molar-refractivity contribution < 1.29 is 9.53 Å². The van der Waals surface area contributed by atoms with E-state index in [1.165, 1.54) is 32.1 Å². The predicted molar refractivity (Wildman–Crippen MR) is 80.7 cm³/mol. The molecule has 2 rings (SSSR count). The monoisotopic (exact) mass is 275 g/mol. The minimum atomic E-state index is -0.0118. The zero-order chi connectivity index (χ0) is 14.4. The van der Waals surface area contributed by atoms with E-state index in [-0.39, 0.29) is 11.9 Å². The van der Waals surface area contributed by atoms with Crippen molar-refractivity contribution in [1.29, 1.82) is 0 Å². The maximum atomic E-state index is 12.1. The van der Waals surface area contributed by atoms with E-state index < -0.39 is 0 Å². The Labute approximate surface area is 121 Å². The first-order valence-electron chi connectivity index (χ1n) is 7.63. The molecule has 1 atom stereocenters. The molecule has 1 aliphatic rings. The highest BCUT2D eigenvalue weighted by Gasteiger charge is 2.19. The van der Waals surface area contributed by atoms with Crippen molar-refractivity contribution in [3.63, 3.8) is 0 Å². The molecule has 1 aliphatic carbocycles. The van der Waals surface area contributed by atoms with Crippen LogP contribution in [-0.4, -0.2) is 13.0 Å². The number of nitrogens with one attached hydrogen (secondary N) is 1. The van der Waals surface area contributed by atoms with Gasteiger partial charge in [0.05, 0.1) is 13.2 Å². The molecule has 1 unspecified atom stereocenters. The molecule has 1 amide bonds. The fourth-order valence-corrected chi connectivity index (χ4v) is 3.06. The van der Waals surface area contributed by atoms with Crippen LogP contribution >= 0.6 is 0 Å². The van der Waals surface area contributed by atoms with Crippen molar-refractivity contribution in [2.45, 2.75) is 51.5 Å². The first-order chi connectivity index (χ1) is 9.70. The Morgan fingerprint density at radius 2 is 2.00 bits per heavy atom. The number of hydrogen-bond donors (Lipinski definition) is 1. The summed E-state index contributed by atoms with van der Waals surface area (Å²) in [5, 5.41) is 3.10. The molecule has 1 N–H and O–H groups in total. The zero-order valence-corrected chi connectivity index (χ0v) is 12.5. The second kappa shape index (κ2) is 7.32. The van der Waals surface area contributed by atoms with Gasteiger partial charge in [-0.05, 0) is 31.7 Å². The molecular weight excluding hydrogens is 250 g/mol. The average Bonchev–Trinajstić information content (AvgIpc) is 2.48. The molecule has 0 aliphatic heterocycles. The molecule has 1 saturated carbocycles. The highest BCUT2D eigenvalue weighted by Crippen LogP contribution is 2.27. The van der Waals surface area contributed by atoms with Crippen LogP contribution in [0, 0.1) is 5.92 Å². The van der Waals surface area contributed by atoms with Gasteiger partial charge in [-0.25, -0.2) is 0 Å². The molecule has 110 valence electrons. The van der Waals surface area contributed by atoms with Gasteiger partial charge >= 0.3 is 0 Å².